The van der Waals surface area contributed by atoms with E-state index in [2.05, 4.69) is 5.32 Å². The maximum Gasteiger partial charge on any atom is 0.330 e. The van der Waals surface area contributed by atoms with E-state index < -0.39 is 11.5 Å². The van der Waals surface area contributed by atoms with Crippen LogP contribution < -0.4 is 5.32 Å². The van der Waals surface area contributed by atoms with Crippen LogP contribution in [0.1, 0.15) is 36.8 Å². The summed E-state index contributed by atoms with van der Waals surface area (Å²) >= 11 is 0. The summed E-state index contributed by atoms with van der Waals surface area (Å²) in [5, 5.41) is 12.7. The minimum absolute atomic E-state index is 0.0266. The average molecular weight is 299 g/mol. The second-order valence-corrected chi connectivity index (χ2v) is 7.28. The van der Waals surface area contributed by atoms with Crippen LogP contribution in [-0.2, 0) is 22.4 Å². The van der Waals surface area contributed by atoms with E-state index in [0.717, 1.165) is 30.4 Å². The Morgan fingerprint density at radius 1 is 1.09 bits per heavy atom. The van der Waals surface area contributed by atoms with Crippen LogP contribution in [0.2, 0.25) is 0 Å². The fourth-order valence-electron chi connectivity index (χ4n) is 4.80. The summed E-state index contributed by atoms with van der Waals surface area (Å²) in [4.78, 5) is 24.6. The highest BCUT2D eigenvalue weighted by Gasteiger charge is 2.49. The van der Waals surface area contributed by atoms with Crippen molar-refractivity contribution in [3.8, 4) is 0 Å². The van der Waals surface area contributed by atoms with E-state index in [0.29, 0.717) is 24.7 Å². The number of benzene rings is 1. The molecule has 3 unspecified atom stereocenters. The van der Waals surface area contributed by atoms with Gasteiger partial charge >= 0.3 is 5.97 Å². The van der Waals surface area contributed by atoms with E-state index >= 15 is 0 Å². The van der Waals surface area contributed by atoms with Crippen LogP contribution in [0.25, 0.3) is 0 Å². The number of amides is 1. The smallest absolute Gasteiger partial charge is 0.330 e. The molecule has 1 aromatic rings. The van der Waals surface area contributed by atoms with E-state index in [1.165, 1.54) is 6.42 Å². The van der Waals surface area contributed by atoms with E-state index in [4.69, 9.17) is 0 Å². The van der Waals surface area contributed by atoms with Gasteiger partial charge in [-0.15, -0.1) is 0 Å². The molecule has 0 saturated heterocycles. The number of aliphatic carboxylic acids is 1. The monoisotopic (exact) mass is 299 g/mol. The molecule has 4 heteroatoms. The summed E-state index contributed by atoms with van der Waals surface area (Å²) < 4.78 is 0. The first-order chi connectivity index (χ1) is 10.6. The molecule has 22 heavy (non-hydrogen) atoms. The minimum atomic E-state index is -1.15. The lowest BCUT2D eigenvalue weighted by atomic mass is 9.86. The number of rotatable bonds is 3. The van der Waals surface area contributed by atoms with Crippen molar-refractivity contribution in [2.24, 2.45) is 17.8 Å². The van der Waals surface area contributed by atoms with Crippen LogP contribution in [0.3, 0.4) is 0 Å². The van der Waals surface area contributed by atoms with E-state index in [1.807, 2.05) is 24.3 Å². The Kier molecular flexibility index (Phi) is 3.03. The first kappa shape index (κ1) is 13.8. The molecular formula is C18H21NO3. The Bertz CT molecular complexity index is 614. The van der Waals surface area contributed by atoms with Crippen LogP contribution in [0.4, 0.5) is 0 Å². The topological polar surface area (TPSA) is 66.4 Å². The molecule has 3 atom stereocenters. The van der Waals surface area contributed by atoms with Gasteiger partial charge in [-0.05, 0) is 42.2 Å². The molecule has 116 valence electrons. The number of carbonyl (C=O) groups is 2. The van der Waals surface area contributed by atoms with E-state index in [9.17, 15) is 14.7 Å². The van der Waals surface area contributed by atoms with Crippen molar-refractivity contribution in [2.75, 3.05) is 0 Å². The molecule has 2 fully saturated rings. The maximum atomic E-state index is 12.7. The van der Waals surface area contributed by atoms with Gasteiger partial charge in [0.05, 0.1) is 0 Å². The number of hydrogen-bond acceptors (Lipinski definition) is 2. The molecule has 2 saturated carbocycles. The Balaban J connectivity index is 1.55. The third kappa shape index (κ3) is 2.04. The highest BCUT2D eigenvalue weighted by molar-refractivity contribution is 5.90. The van der Waals surface area contributed by atoms with Crippen molar-refractivity contribution in [3.05, 3.63) is 35.4 Å². The van der Waals surface area contributed by atoms with Crippen LogP contribution in [0, 0.1) is 17.8 Å². The summed E-state index contributed by atoms with van der Waals surface area (Å²) in [6.07, 6.45) is 5.25. The summed E-state index contributed by atoms with van der Waals surface area (Å²) in [6, 6.07) is 7.77. The molecule has 2 N–H and O–H groups in total. The Hall–Kier alpha value is -1.84. The summed E-state index contributed by atoms with van der Waals surface area (Å²) in [7, 11) is 0. The zero-order valence-corrected chi connectivity index (χ0v) is 12.5. The number of fused-ring (bicyclic) bond motifs is 3. The van der Waals surface area contributed by atoms with Gasteiger partial charge in [0, 0.05) is 18.8 Å². The molecular weight excluding hydrogens is 278 g/mol. The fraction of sp³-hybridized carbons (Fsp3) is 0.556. The zero-order chi connectivity index (χ0) is 15.3. The molecule has 4 nitrogen and oxygen atoms in total. The predicted molar refractivity (Wildman–Crippen MR) is 81.3 cm³/mol. The van der Waals surface area contributed by atoms with Gasteiger partial charge in [0.1, 0.15) is 5.54 Å². The number of carboxylic acids is 1. The number of carboxylic acid groups (broad SMARTS) is 1. The van der Waals surface area contributed by atoms with Crippen molar-refractivity contribution in [3.63, 3.8) is 0 Å². The third-order valence-electron chi connectivity index (χ3n) is 5.95. The minimum Gasteiger partial charge on any atom is -0.479 e. The van der Waals surface area contributed by atoms with Gasteiger partial charge in [0.25, 0.3) is 0 Å². The molecule has 0 heterocycles. The third-order valence-corrected chi connectivity index (χ3v) is 5.95. The van der Waals surface area contributed by atoms with Crippen molar-refractivity contribution >= 4 is 11.9 Å². The van der Waals surface area contributed by atoms with Crippen LogP contribution >= 0.6 is 0 Å². The van der Waals surface area contributed by atoms with Gasteiger partial charge in [-0.2, -0.15) is 0 Å². The van der Waals surface area contributed by atoms with Crippen LogP contribution in [0.15, 0.2) is 24.3 Å². The lowest BCUT2D eigenvalue weighted by Gasteiger charge is -2.29. The van der Waals surface area contributed by atoms with Gasteiger partial charge in [-0.1, -0.05) is 30.7 Å². The van der Waals surface area contributed by atoms with Gasteiger partial charge < -0.3 is 10.4 Å². The molecule has 1 aromatic carbocycles. The van der Waals surface area contributed by atoms with Crippen LogP contribution in [0.5, 0.6) is 0 Å². The zero-order valence-electron chi connectivity index (χ0n) is 12.5. The standard InChI is InChI=1S/C18H21NO3/c20-16(15-8-11-5-6-12(15)7-11)19-18(17(21)22)9-13-3-1-2-4-14(13)10-18/h1-4,11-12,15H,5-10H2,(H,19,20)(H,21,22). The van der Waals surface area contributed by atoms with Gasteiger partial charge in [-0.3, -0.25) is 4.79 Å². The highest BCUT2D eigenvalue weighted by atomic mass is 16.4. The summed E-state index contributed by atoms with van der Waals surface area (Å²) in [5.74, 6) is 0.225. The molecule has 0 aromatic heterocycles. The second-order valence-electron chi connectivity index (χ2n) is 7.28. The average Bonchev–Trinajstić information content (AvgIpc) is 3.20. The summed E-state index contributed by atoms with van der Waals surface area (Å²) in [6.45, 7) is 0. The predicted octanol–water partition coefficient (Wildman–Crippen LogP) is 2.16. The number of carbonyl (C=O) groups excluding carboxylic acids is 1. The van der Waals surface area contributed by atoms with Crippen molar-refractivity contribution in [2.45, 2.75) is 44.1 Å². The Morgan fingerprint density at radius 3 is 2.27 bits per heavy atom. The lowest BCUT2D eigenvalue weighted by Crippen LogP contribution is -2.57. The molecule has 4 rings (SSSR count). The van der Waals surface area contributed by atoms with Gasteiger partial charge in [0.15, 0.2) is 0 Å². The number of hydrogen-bond donors (Lipinski definition) is 2. The van der Waals surface area contributed by atoms with Crippen molar-refractivity contribution < 1.29 is 14.7 Å². The van der Waals surface area contributed by atoms with Crippen LogP contribution in [-0.4, -0.2) is 22.5 Å². The Labute approximate surface area is 129 Å². The molecule has 0 aliphatic heterocycles. The second kappa shape index (κ2) is 4.83. The largest absolute Gasteiger partial charge is 0.479 e. The van der Waals surface area contributed by atoms with E-state index in [-0.39, 0.29) is 11.8 Å². The van der Waals surface area contributed by atoms with Gasteiger partial charge in [-0.25, -0.2) is 4.79 Å². The highest BCUT2D eigenvalue weighted by Crippen LogP contribution is 2.48. The first-order valence-corrected chi connectivity index (χ1v) is 8.19. The maximum absolute atomic E-state index is 12.7. The molecule has 0 spiro atoms. The molecule has 2 bridgehead atoms. The quantitative estimate of drug-likeness (QED) is 0.899. The normalized spacial score (nSPS) is 31.0. The molecule has 3 aliphatic carbocycles. The van der Waals surface area contributed by atoms with E-state index in [1.54, 1.807) is 0 Å². The van der Waals surface area contributed by atoms with Crippen molar-refractivity contribution in [1.82, 2.24) is 5.32 Å². The Morgan fingerprint density at radius 2 is 1.77 bits per heavy atom. The first-order valence-electron chi connectivity index (χ1n) is 8.19. The van der Waals surface area contributed by atoms with Crippen molar-refractivity contribution in [1.29, 1.82) is 0 Å². The lowest BCUT2D eigenvalue weighted by molar-refractivity contribution is -0.148. The summed E-state index contributed by atoms with van der Waals surface area (Å²) in [5.41, 5.74) is 0.930. The van der Waals surface area contributed by atoms with Gasteiger partial charge in [0.2, 0.25) is 5.91 Å². The number of nitrogens with one attached hydrogen (secondary N) is 1. The molecule has 1 amide bonds. The molecule has 3 aliphatic rings. The fourth-order valence-corrected chi connectivity index (χ4v) is 4.80. The molecule has 0 radical (unpaired) electrons. The SMILES string of the molecule is O=C(NC1(C(=O)O)Cc2ccccc2C1)C1CC2CCC1C2.